The average Bonchev–Trinajstić information content (AvgIpc) is 3.44. The third-order valence-electron chi connectivity index (χ3n) is 6.63. The fourth-order valence-corrected chi connectivity index (χ4v) is 6.42. The molecule has 2 atom stereocenters. The van der Waals surface area contributed by atoms with Crippen LogP contribution in [0, 0.1) is 0 Å². The number of rotatable bonds is 5. The summed E-state index contributed by atoms with van der Waals surface area (Å²) in [4.78, 5) is 27.2. The molecule has 2 N–H and O–H groups in total. The molecule has 1 aliphatic carbocycles. The maximum atomic E-state index is 14.0. The van der Waals surface area contributed by atoms with Crippen LogP contribution in [0.15, 0.2) is 34.9 Å². The van der Waals surface area contributed by atoms with E-state index in [0.717, 1.165) is 45.1 Å². The van der Waals surface area contributed by atoms with Gasteiger partial charge in [0.15, 0.2) is 6.04 Å². The van der Waals surface area contributed by atoms with Crippen LogP contribution in [0.4, 0.5) is 24.0 Å². The molecular weight excluding hydrogens is 573 g/mol. The normalized spacial score (nSPS) is 18.9. The molecule has 3 heterocycles. The second-order valence-corrected chi connectivity index (χ2v) is 11.0. The first-order valence-electron chi connectivity index (χ1n) is 12.0. The van der Waals surface area contributed by atoms with E-state index < -0.39 is 30.1 Å². The van der Waals surface area contributed by atoms with Crippen LogP contribution in [-0.2, 0) is 17.6 Å². The summed E-state index contributed by atoms with van der Waals surface area (Å²) in [5.41, 5.74) is 1.85. The molecule has 0 fully saturated rings. The summed E-state index contributed by atoms with van der Waals surface area (Å²) in [7, 11) is 0. The van der Waals surface area contributed by atoms with Crippen LogP contribution in [0.25, 0.3) is 0 Å². The minimum atomic E-state index is -4.56. The standard InChI is InChI=1S/C25H24BrF3N4O3S/c1-2-36-24(35)20-15-5-3-4-6-18(15)37-23(20)32-22(34)16-12-30-33-19(25(27,28)29)11-17(31-21(16)33)13-7-9-14(26)10-8-13/h7-10,12,17,19,31H,2-6,11H2,1H3,(H,32,34)/t17-,19-/m1/s1. The highest BCUT2D eigenvalue weighted by Gasteiger charge is 2.47. The number of hydrogen-bond donors (Lipinski definition) is 2. The van der Waals surface area contributed by atoms with E-state index in [1.54, 1.807) is 31.2 Å². The number of hydrogen-bond acceptors (Lipinski definition) is 6. The highest BCUT2D eigenvalue weighted by Crippen LogP contribution is 2.45. The van der Waals surface area contributed by atoms with Crippen molar-refractivity contribution in [3.05, 3.63) is 62.1 Å². The Morgan fingerprint density at radius 2 is 1.97 bits per heavy atom. The van der Waals surface area contributed by atoms with Gasteiger partial charge in [0.2, 0.25) is 0 Å². The molecule has 1 amide bonds. The van der Waals surface area contributed by atoms with Crippen LogP contribution in [0.1, 0.15) is 75.0 Å². The number of carbonyl (C=O) groups is 2. The van der Waals surface area contributed by atoms with Crippen LogP contribution in [-0.4, -0.2) is 34.4 Å². The lowest BCUT2D eigenvalue weighted by Crippen LogP contribution is -2.36. The second kappa shape index (κ2) is 10.1. The molecule has 37 heavy (non-hydrogen) atoms. The minimum Gasteiger partial charge on any atom is -0.462 e. The first-order valence-corrected chi connectivity index (χ1v) is 13.6. The Bertz CT molecular complexity index is 1340. The third kappa shape index (κ3) is 5.00. The maximum Gasteiger partial charge on any atom is 0.410 e. The van der Waals surface area contributed by atoms with Gasteiger partial charge < -0.3 is 15.4 Å². The second-order valence-electron chi connectivity index (χ2n) is 8.98. The molecule has 1 aliphatic heterocycles. The van der Waals surface area contributed by atoms with E-state index in [4.69, 9.17) is 4.74 Å². The number of aryl methyl sites for hydroxylation is 1. The summed E-state index contributed by atoms with van der Waals surface area (Å²) in [5.74, 6) is -1.17. The van der Waals surface area contributed by atoms with E-state index in [0.29, 0.717) is 22.5 Å². The predicted molar refractivity (Wildman–Crippen MR) is 137 cm³/mol. The Labute approximate surface area is 223 Å². The molecule has 0 radical (unpaired) electrons. The molecule has 0 spiro atoms. The van der Waals surface area contributed by atoms with Gasteiger partial charge in [-0.2, -0.15) is 18.3 Å². The monoisotopic (exact) mass is 596 g/mol. The molecule has 196 valence electrons. The summed E-state index contributed by atoms with van der Waals surface area (Å²) in [6.07, 6.45) is -0.268. The lowest BCUT2D eigenvalue weighted by atomic mass is 9.95. The Morgan fingerprint density at radius 1 is 1.24 bits per heavy atom. The molecule has 7 nitrogen and oxygen atoms in total. The van der Waals surface area contributed by atoms with Gasteiger partial charge in [0.25, 0.3) is 5.91 Å². The third-order valence-corrected chi connectivity index (χ3v) is 8.37. The number of nitrogens with zero attached hydrogens (tertiary/aromatic N) is 2. The minimum absolute atomic E-state index is 0.0157. The number of ether oxygens (including phenoxy) is 1. The number of anilines is 2. The molecule has 2 aromatic heterocycles. The van der Waals surface area contributed by atoms with Crippen LogP contribution in [0.2, 0.25) is 0 Å². The van der Waals surface area contributed by atoms with Crippen LogP contribution >= 0.6 is 27.3 Å². The first-order chi connectivity index (χ1) is 17.7. The van der Waals surface area contributed by atoms with Crippen molar-refractivity contribution in [1.82, 2.24) is 9.78 Å². The van der Waals surface area contributed by atoms with E-state index in [9.17, 15) is 22.8 Å². The van der Waals surface area contributed by atoms with Crippen molar-refractivity contribution in [1.29, 1.82) is 0 Å². The van der Waals surface area contributed by atoms with E-state index in [2.05, 4.69) is 31.7 Å². The van der Waals surface area contributed by atoms with Crippen LogP contribution < -0.4 is 10.6 Å². The van der Waals surface area contributed by atoms with Gasteiger partial charge in [-0.15, -0.1) is 11.3 Å². The molecular formula is C25H24BrF3N4O3S. The Kier molecular flexibility index (Phi) is 7.06. The number of amides is 1. The van der Waals surface area contributed by atoms with Crippen molar-refractivity contribution >= 4 is 50.0 Å². The summed E-state index contributed by atoms with van der Waals surface area (Å²) < 4.78 is 49.0. The van der Waals surface area contributed by atoms with E-state index >= 15 is 0 Å². The summed E-state index contributed by atoms with van der Waals surface area (Å²) in [5, 5.41) is 10.2. The summed E-state index contributed by atoms with van der Waals surface area (Å²) in [6, 6.07) is 4.41. The van der Waals surface area contributed by atoms with Gasteiger partial charge in [-0.3, -0.25) is 4.79 Å². The molecule has 0 saturated heterocycles. The fourth-order valence-electron chi connectivity index (χ4n) is 4.89. The molecule has 3 aromatic rings. The molecule has 1 aromatic carbocycles. The van der Waals surface area contributed by atoms with Crippen molar-refractivity contribution in [3.63, 3.8) is 0 Å². The van der Waals surface area contributed by atoms with Gasteiger partial charge in [0.05, 0.1) is 24.4 Å². The van der Waals surface area contributed by atoms with E-state index in [1.165, 1.54) is 11.3 Å². The lowest BCUT2D eigenvalue weighted by Gasteiger charge is -2.34. The van der Waals surface area contributed by atoms with Gasteiger partial charge >= 0.3 is 12.1 Å². The largest absolute Gasteiger partial charge is 0.462 e. The number of thiophene rings is 1. The molecule has 5 rings (SSSR count). The van der Waals surface area contributed by atoms with Crippen molar-refractivity contribution in [2.45, 2.75) is 57.3 Å². The number of fused-ring (bicyclic) bond motifs is 2. The molecule has 2 aliphatic rings. The summed E-state index contributed by atoms with van der Waals surface area (Å²) >= 11 is 4.66. The maximum absolute atomic E-state index is 14.0. The number of alkyl halides is 3. The number of aromatic nitrogens is 2. The predicted octanol–water partition coefficient (Wildman–Crippen LogP) is 6.68. The van der Waals surface area contributed by atoms with Crippen molar-refractivity contribution < 1.29 is 27.5 Å². The Hall–Kier alpha value is -2.86. The first kappa shape index (κ1) is 25.8. The van der Waals surface area contributed by atoms with E-state index in [-0.39, 0.29) is 24.4 Å². The van der Waals surface area contributed by atoms with Crippen LogP contribution in [0.3, 0.4) is 0 Å². The lowest BCUT2D eigenvalue weighted by molar-refractivity contribution is -0.173. The number of esters is 1. The molecule has 0 unspecified atom stereocenters. The van der Waals surface area contributed by atoms with Crippen molar-refractivity contribution in [3.8, 4) is 0 Å². The topological polar surface area (TPSA) is 85.2 Å². The smallest absolute Gasteiger partial charge is 0.410 e. The molecule has 12 heteroatoms. The molecule has 0 saturated carbocycles. The van der Waals surface area contributed by atoms with Gasteiger partial charge in [-0.05, 0) is 55.9 Å². The average molecular weight is 597 g/mol. The van der Waals surface area contributed by atoms with Crippen molar-refractivity contribution in [2.75, 3.05) is 17.2 Å². The summed E-state index contributed by atoms with van der Waals surface area (Å²) in [6.45, 7) is 1.90. The van der Waals surface area contributed by atoms with Gasteiger partial charge in [-0.25, -0.2) is 9.48 Å². The number of carbonyl (C=O) groups excluding carboxylic acids is 2. The zero-order chi connectivity index (χ0) is 26.3. The number of benzene rings is 1. The SMILES string of the molecule is CCOC(=O)c1c(NC(=O)c2cnn3c2N[C@@H](c2ccc(Br)cc2)C[C@@H]3C(F)(F)F)sc2c1CCCC2. The van der Waals surface area contributed by atoms with Gasteiger partial charge in [0.1, 0.15) is 16.4 Å². The van der Waals surface area contributed by atoms with Crippen molar-refractivity contribution in [2.24, 2.45) is 0 Å². The van der Waals surface area contributed by atoms with E-state index in [1.807, 2.05) is 0 Å². The highest BCUT2D eigenvalue weighted by atomic mass is 79.9. The van der Waals surface area contributed by atoms with Crippen LogP contribution in [0.5, 0.6) is 0 Å². The number of nitrogens with one attached hydrogen (secondary N) is 2. The zero-order valence-electron chi connectivity index (χ0n) is 19.8. The quantitative estimate of drug-likeness (QED) is 0.321. The highest BCUT2D eigenvalue weighted by molar-refractivity contribution is 9.10. The Morgan fingerprint density at radius 3 is 2.68 bits per heavy atom. The zero-order valence-corrected chi connectivity index (χ0v) is 22.2. The molecule has 0 bridgehead atoms. The van der Waals surface area contributed by atoms with Gasteiger partial charge in [0, 0.05) is 15.8 Å². The fraction of sp³-hybridized carbons (Fsp3) is 0.400. The number of halogens is 4. The Balaban J connectivity index is 1.49. The van der Waals surface area contributed by atoms with Gasteiger partial charge in [-0.1, -0.05) is 28.1 Å².